The van der Waals surface area contributed by atoms with Gasteiger partial charge >= 0.3 is 6.09 Å². The van der Waals surface area contributed by atoms with Crippen LogP contribution < -0.4 is 10.2 Å². The molecule has 3 aliphatic heterocycles. The molecule has 0 unspecified atom stereocenters. The van der Waals surface area contributed by atoms with E-state index in [9.17, 15) is 9.59 Å². The smallest absolute Gasteiger partial charge is 0.411 e. The Morgan fingerprint density at radius 1 is 1.27 bits per heavy atom. The van der Waals surface area contributed by atoms with E-state index in [1.165, 1.54) is 0 Å². The van der Waals surface area contributed by atoms with Crippen LogP contribution in [-0.2, 0) is 14.3 Å². The standard InChI is InChI=1S/C22H32N4O4/c1-16(2)30-21(28)24-17-4-5-19(23-14-17)25-10-3-8-22(15-25)9-11-26(20(22)27)18-6-12-29-13-7-18/h4-5,14,16,18H,3,6-13,15H2,1-2H3,(H,24,28)/t22-/m0/s1. The lowest BCUT2D eigenvalue weighted by atomic mass is 9.78. The van der Waals surface area contributed by atoms with Crippen molar-refractivity contribution in [3.8, 4) is 0 Å². The zero-order chi connectivity index (χ0) is 21.1. The van der Waals surface area contributed by atoms with E-state index in [0.29, 0.717) is 24.2 Å². The highest BCUT2D eigenvalue weighted by atomic mass is 16.6. The molecule has 1 aromatic heterocycles. The van der Waals surface area contributed by atoms with Gasteiger partial charge in [-0.1, -0.05) is 0 Å². The second-order valence-electron chi connectivity index (χ2n) is 8.88. The summed E-state index contributed by atoms with van der Waals surface area (Å²) in [5.41, 5.74) is 0.301. The predicted octanol–water partition coefficient (Wildman–Crippen LogP) is 3.04. The van der Waals surface area contributed by atoms with Crippen LogP contribution in [0.3, 0.4) is 0 Å². The molecule has 2 amide bonds. The van der Waals surface area contributed by atoms with Crippen LogP contribution in [0.1, 0.15) is 46.0 Å². The van der Waals surface area contributed by atoms with Crippen molar-refractivity contribution in [3.05, 3.63) is 18.3 Å². The van der Waals surface area contributed by atoms with Crippen LogP contribution in [0.4, 0.5) is 16.3 Å². The Morgan fingerprint density at radius 3 is 2.77 bits per heavy atom. The number of pyridine rings is 1. The van der Waals surface area contributed by atoms with E-state index in [1.807, 2.05) is 12.1 Å². The lowest BCUT2D eigenvalue weighted by Gasteiger charge is -2.40. The van der Waals surface area contributed by atoms with E-state index >= 15 is 0 Å². The first-order chi connectivity index (χ1) is 14.5. The minimum Gasteiger partial charge on any atom is -0.447 e. The average Bonchev–Trinajstić information content (AvgIpc) is 3.04. The zero-order valence-electron chi connectivity index (χ0n) is 17.9. The number of nitrogens with one attached hydrogen (secondary N) is 1. The van der Waals surface area contributed by atoms with Gasteiger partial charge in [0.05, 0.1) is 23.4 Å². The third-order valence-corrected chi connectivity index (χ3v) is 6.42. The van der Waals surface area contributed by atoms with Crippen molar-refractivity contribution in [1.29, 1.82) is 0 Å². The Balaban J connectivity index is 1.40. The van der Waals surface area contributed by atoms with Crippen molar-refractivity contribution >= 4 is 23.5 Å². The molecular weight excluding hydrogens is 384 g/mol. The fourth-order valence-corrected chi connectivity index (χ4v) is 4.91. The Bertz CT molecular complexity index is 763. The van der Waals surface area contributed by atoms with E-state index in [0.717, 1.165) is 64.2 Å². The number of likely N-dealkylation sites (tertiary alicyclic amines) is 1. The van der Waals surface area contributed by atoms with Gasteiger partial charge in [0, 0.05) is 38.9 Å². The molecule has 164 valence electrons. The molecule has 8 nitrogen and oxygen atoms in total. The Labute approximate surface area is 177 Å². The summed E-state index contributed by atoms with van der Waals surface area (Å²) >= 11 is 0. The maximum atomic E-state index is 13.4. The number of carbonyl (C=O) groups excluding carboxylic acids is 2. The number of ether oxygens (including phenoxy) is 2. The van der Waals surface area contributed by atoms with E-state index < -0.39 is 6.09 Å². The van der Waals surface area contributed by atoms with Gasteiger partial charge in [0.2, 0.25) is 5.91 Å². The number of amides is 2. The Hall–Kier alpha value is -2.35. The van der Waals surface area contributed by atoms with Crippen molar-refractivity contribution in [2.24, 2.45) is 5.41 Å². The lowest BCUT2D eigenvalue weighted by Crippen LogP contribution is -2.50. The molecule has 4 rings (SSSR count). The fourth-order valence-electron chi connectivity index (χ4n) is 4.91. The second kappa shape index (κ2) is 8.79. The van der Waals surface area contributed by atoms with Gasteiger partial charge in [0.15, 0.2) is 0 Å². The largest absolute Gasteiger partial charge is 0.447 e. The topological polar surface area (TPSA) is 84.0 Å². The second-order valence-corrected chi connectivity index (χ2v) is 8.88. The van der Waals surface area contributed by atoms with Gasteiger partial charge in [-0.3, -0.25) is 10.1 Å². The lowest BCUT2D eigenvalue weighted by molar-refractivity contribution is -0.139. The van der Waals surface area contributed by atoms with Crippen LogP contribution in [0.15, 0.2) is 18.3 Å². The van der Waals surface area contributed by atoms with Crippen LogP contribution in [0.2, 0.25) is 0 Å². The van der Waals surface area contributed by atoms with E-state index in [4.69, 9.17) is 9.47 Å². The number of rotatable bonds is 4. The summed E-state index contributed by atoms with van der Waals surface area (Å²) in [6, 6.07) is 4.06. The van der Waals surface area contributed by atoms with Crippen molar-refractivity contribution in [2.45, 2.75) is 58.1 Å². The van der Waals surface area contributed by atoms with Gasteiger partial charge < -0.3 is 19.3 Å². The van der Waals surface area contributed by atoms with Crippen LogP contribution >= 0.6 is 0 Å². The van der Waals surface area contributed by atoms with Gasteiger partial charge in [-0.05, 0) is 58.1 Å². The highest BCUT2D eigenvalue weighted by Crippen LogP contribution is 2.42. The van der Waals surface area contributed by atoms with Crippen LogP contribution in [-0.4, -0.2) is 66.9 Å². The molecule has 30 heavy (non-hydrogen) atoms. The number of carbonyl (C=O) groups is 2. The maximum Gasteiger partial charge on any atom is 0.411 e. The summed E-state index contributed by atoms with van der Waals surface area (Å²) < 4.78 is 10.6. The van der Waals surface area contributed by atoms with Gasteiger partial charge in [0.25, 0.3) is 0 Å². The number of aromatic nitrogens is 1. The summed E-state index contributed by atoms with van der Waals surface area (Å²) in [5.74, 6) is 1.16. The summed E-state index contributed by atoms with van der Waals surface area (Å²) in [4.78, 5) is 34.0. The molecule has 3 fully saturated rings. The molecule has 1 aromatic rings. The van der Waals surface area contributed by atoms with Gasteiger partial charge in [0.1, 0.15) is 5.82 Å². The first kappa shape index (κ1) is 20.9. The normalized spacial score (nSPS) is 25.2. The fraction of sp³-hybridized carbons (Fsp3) is 0.682. The summed E-state index contributed by atoms with van der Waals surface area (Å²) in [5, 5.41) is 2.69. The summed E-state index contributed by atoms with van der Waals surface area (Å²) in [6.45, 7) is 7.57. The number of nitrogens with zero attached hydrogens (tertiary/aromatic N) is 3. The first-order valence-corrected chi connectivity index (χ1v) is 11.0. The van der Waals surface area contributed by atoms with Crippen molar-refractivity contribution in [2.75, 3.05) is 43.1 Å². The molecule has 4 heterocycles. The monoisotopic (exact) mass is 416 g/mol. The average molecular weight is 417 g/mol. The molecule has 1 atom stereocenters. The molecular formula is C22H32N4O4. The van der Waals surface area contributed by atoms with Crippen molar-refractivity contribution in [1.82, 2.24) is 9.88 Å². The molecule has 0 bridgehead atoms. The van der Waals surface area contributed by atoms with Gasteiger partial charge in [-0.2, -0.15) is 0 Å². The molecule has 0 aromatic carbocycles. The summed E-state index contributed by atoms with van der Waals surface area (Å²) in [7, 11) is 0. The van der Waals surface area contributed by atoms with Crippen LogP contribution in [0, 0.1) is 5.41 Å². The first-order valence-electron chi connectivity index (χ1n) is 11.0. The molecule has 0 saturated carbocycles. The van der Waals surface area contributed by atoms with Crippen molar-refractivity contribution < 1.29 is 19.1 Å². The Morgan fingerprint density at radius 2 is 2.07 bits per heavy atom. The minimum atomic E-state index is -0.485. The highest BCUT2D eigenvalue weighted by Gasteiger charge is 2.50. The van der Waals surface area contributed by atoms with E-state index in [1.54, 1.807) is 20.0 Å². The molecule has 0 aliphatic carbocycles. The number of piperidine rings is 1. The molecule has 3 saturated heterocycles. The molecule has 0 radical (unpaired) electrons. The van der Waals surface area contributed by atoms with Gasteiger partial charge in [-0.15, -0.1) is 0 Å². The van der Waals surface area contributed by atoms with Crippen LogP contribution in [0.5, 0.6) is 0 Å². The third-order valence-electron chi connectivity index (χ3n) is 6.42. The minimum absolute atomic E-state index is 0.175. The van der Waals surface area contributed by atoms with E-state index in [-0.39, 0.29) is 11.5 Å². The molecule has 8 heteroatoms. The highest BCUT2D eigenvalue weighted by molar-refractivity contribution is 5.86. The summed E-state index contributed by atoms with van der Waals surface area (Å²) in [6.07, 6.45) is 5.72. The zero-order valence-corrected chi connectivity index (χ0v) is 17.9. The molecule has 1 N–H and O–H groups in total. The predicted molar refractivity (Wildman–Crippen MR) is 114 cm³/mol. The quantitative estimate of drug-likeness (QED) is 0.812. The number of anilines is 2. The number of hydrogen-bond donors (Lipinski definition) is 1. The number of hydrogen-bond acceptors (Lipinski definition) is 6. The van der Waals surface area contributed by atoms with Crippen molar-refractivity contribution in [3.63, 3.8) is 0 Å². The third kappa shape index (κ3) is 4.38. The van der Waals surface area contributed by atoms with E-state index in [2.05, 4.69) is 20.1 Å². The Kier molecular flexibility index (Phi) is 6.13. The molecule has 1 spiro atoms. The SMILES string of the molecule is CC(C)OC(=O)Nc1ccc(N2CCC[C@]3(CCN(C4CCOCC4)C3=O)C2)nc1. The maximum absolute atomic E-state index is 13.4. The van der Waals surface area contributed by atoms with Gasteiger partial charge in [-0.25, -0.2) is 9.78 Å². The van der Waals surface area contributed by atoms with Crippen LogP contribution in [0.25, 0.3) is 0 Å². The molecule has 3 aliphatic rings.